The molecule has 1 aliphatic heterocycles. The Bertz CT molecular complexity index is 1370. The van der Waals surface area contributed by atoms with Gasteiger partial charge in [0, 0.05) is 21.5 Å². The molecule has 4 rings (SSSR count). The van der Waals surface area contributed by atoms with Crippen LogP contribution >= 0.6 is 27.5 Å². The summed E-state index contributed by atoms with van der Waals surface area (Å²) >= 11 is 10.2. The Morgan fingerprint density at radius 2 is 1.83 bits per heavy atom. The number of ether oxygens (including phenoxy) is 1. The number of amides is 4. The van der Waals surface area contributed by atoms with Gasteiger partial charge in [-0.1, -0.05) is 57.9 Å². The smallest absolute Gasteiger partial charge is 0.335 e. The summed E-state index contributed by atoms with van der Waals surface area (Å²) in [5.74, 6) is -0.927. The minimum Gasteiger partial charge on any atom is -0.494 e. The fourth-order valence-corrected chi connectivity index (χ4v) is 4.54. The molecule has 4 amide bonds. The lowest BCUT2D eigenvalue weighted by atomic mass is 10.00. The lowest BCUT2D eigenvalue weighted by molar-refractivity contribution is -0.122. The molecule has 0 bridgehead atoms. The summed E-state index contributed by atoms with van der Waals surface area (Å²) in [5.41, 5.74) is 3.41. The van der Waals surface area contributed by atoms with Crippen molar-refractivity contribution in [2.24, 2.45) is 0 Å². The summed E-state index contributed by atoms with van der Waals surface area (Å²) in [6.45, 7) is 4.13. The summed E-state index contributed by atoms with van der Waals surface area (Å²) in [4.78, 5) is 39.2. The molecular weight excluding hydrogens is 532 g/mol. The van der Waals surface area contributed by atoms with Crippen LogP contribution in [0.15, 0.2) is 70.7 Å². The van der Waals surface area contributed by atoms with E-state index in [4.69, 9.17) is 16.3 Å². The topological polar surface area (TPSA) is 75.7 Å². The average molecular weight is 554 g/mol. The predicted octanol–water partition coefficient (Wildman–Crippen LogP) is 6.07. The molecule has 1 fully saturated rings. The molecule has 1 saturated heterocycles. The second-order valence-corrected chi connectivity index (χ2v) is 9.24. The molecule has 1 N–H and O–H groups in total. The molecule has 8 heteroatoms. The highest BCUT2D eigenvalue weighted by Crippen LogP contribution is 2.34. The van der Waals surface area contributed by atoms with Crippen molar-refractivity contribution < 1.29 is 19.1 Å². The van der Waals surface area contributed by atoms with Crippen molar-refractivity contribution in [1.82, 2.24) is 5.32 Å². The molecule has 0 spiro atoms. The van der Waals surface area contributed by atoms with E-state index in [2.05, 4.69) is 21.2 Å². The molecule has 0 aliphatic carbocycles. The average Bonchev–Trinajstić information content (AvgIpc) is 2.80. The Morgan fingerprint density at radius 1 is 1.06 bits per heavy atom. The molecule has 3 aromatic carbocycles. The number of barbiturate groups is 1. The van der Waals surface area contributed by atoms with E-state index in [1.54, 1.807) is 30.3 Å². The molecule has 1 aliphatic rings. The van der Waals surface area contributed by atoms with Gasteiger partial charge in [-0.15, -0.1) is 0 Å². The standard InChI is InChI=1S/C27H22BrClN2O4/c1-3-35-24-14-17(13-23(29)20(24)15-18-8-4-5-10-22(18)28)12-21-25(32)30-27(34)31(26(21)33)19-9-6-7-16(2)11-19/h4-14H,3,15H2,1-2H3,(H,30,32,34)/b21-12+. The van der Waals surface area contributed by atoms with Gasteiger partial charge in [-0.05, 0) is 66.9 Å². The quantitative estimate of drug-likeness (QED) is 0.297. The number of benzene rings is 3. The Kier molecular flexibility index (Phi) is 7.38. The number of imide groups is 2. The number of anilines is 1. The second-order valence-electron chi connectivity index (χ2n) is 7.98. The van der Waals surface area contributed by atoms with E-state index in [-0.39, 0.29) is 5.57 Å². The van der Waals surface area contributed by atoms with E-state index in [0.29, 0.717) is 35.1 Å². The van der Waals surface area contributed by atoms with Crippen molar-refractivity contribution in [3.8, 4) is 5.75 Å². The SMILES string of the molecule is CCOc1cc(/C=C2\C(=O)NC(=O)N(c3cccc(C)c3)C2=O)cc(Cl)c1Cc1ccccc1Br. The number of nitrogens with one attached hydrogen (secondary N) is 1. The van der Waals surface area contributed by atoms with Crippen LogP contribution in [0.1, 0.15) is 29.2 Å². The minimum atomic E-state index is -0.792. The number of carbonyl (C=O) groups is 3. The molecule has 3 aromatic rings. The van der Waals surface area contributed by atoms with Gasteiger partial charge >= 0.3 is 6.03 Å². The molecule has 6 nitrogen and oxygen atoms in total. The van der Waals surface area contributed by atoms with Crippen LogP contribution in [-0.4, -0.2) is 24.5 Å². The third kappa shape index (κ3) is 5.31. The maximum Gasteiger partial charge on any atom is 0.335 e. The van der Waals surface area contributed by atoms with E-state index in [0.717, 1.165) is 26.1 Å². The number of carbonyl (C=O) groups excluding carboxylic acids is 3. The Morgan fingerprint density at radius 3 is 2.54 bits per heavy atom. The summed E-state index contributed by atoms with van der Waals surface area (Å²) < 4.78 is 6.81. The van der Waals surface area contributed by atoms with E-state index in [1.165, 1.54) is 6.08 Å². The zero-order valence-electron chi connectivity index (χ0n) is 19.1. The first kappa shape index (κ1) is 24.7. The van der Waals surface area contributed by atoms with Crippen LogP contribution in [-0.2, 0) is 16.0 Å². The summed E-state index contributed by atoms with van der Waals surface area (Å²) in [5, 5.41) is 2.68. The van der Waals surface area contributed by atoms with Crippen LogP contribution in [0.4, 0.5) is 10.5 Å². The Hall–Kier alpha value is -3.42. The fourth-order valence-electron chi connectivity index (χ4n) is 3.83. The van der Waals surface area contributed by atoms with Crippen LogP contribution in [0.5, 0.6) is 5.75 Å². The molecule has 35 heavy (non-hydrogen) atoms. The van der Waals surface area contributed by atoms with Crippen molar-refractivity contribution in [3.05, 3.63) is 98.0 Å². The normalized spacial score (nSPS) is 14.9. The molecule has 0 aromatic heterocycles. The van der Waals surface area contributed by atoms with Crippen molar-refractivity contribution in [2.75, 3.05) is 11.5 Å². The molecule has 1 heterocycles. The summed E-state index contributed by atoms with van der Waals surface area (Å²) in [7, 11) is 0. The molecule has 0 unspecified atom stereocenters. The van der Waals surface area contributed by atoms with Gasteiger partial charge in [0.05, 0.1) is 12.3 Å². The monoisotopic (exact) mass is 552 g/mol. The Labute approximate surface area is 216 Å². The van der Waals surface area contributed by atoms with Gasteiger partial charge in [0.15, 0.2) is 0 Å². The van der Waals surface area contributed by atoms with E-state index >= 15 is 0 Å². The molecule has 0 saturated carbocycles. The largest absolute Gasteiger partial charge is 0.494 e. The molecule has 0 radical (unpaired) electrons. The lowest BCUT2D eigenvalue weighted by Crippen LogP contribution is -2.54. The zero-order valence-corrected chi connectivity index (χ0v) is 21.4. The minimum absolute atomic E-state index is 0.178. The fraction of sp³-hybridized carbons (Fsp3) is 0.148. The van der Waals surface area contributed by atoms with Gasteiger partial charge in [0.1, 0.15) is 11.3 Å². The van der Waals surface area contributed by atoms with Gasteiger partial charge in [-0.2, -0.15) is 0 Å². The number of urea groups is 1. The van der Waals surface area contributed by atoms with Crippen LogP contribution < -0.4 is 15.0 Å². The van der Waals surface area contributed by atoms with Crippen LogP contribution in [0.3, 0.4) is 0 Å². The molecular formula is C27H22BrClN2O4. The molecule has 0 atom stereocenters. The summed E-state index contributed by atoms with van der Waals surface area (Å²) in [6, 6.07) is 17.4. The van der Waals surface area contributed by atoms with E-state index < -0.39 is 17.8 Å². The van der Waals surface area contributed by atoms with Gasteiger partial charge in [0.2, 0.25) is 0 Å². The lowest BCUT2D eigenvalue weighted by Gasteiger charge is -2.26. The highest BCUT2D eigenvalue weighted by molar-refractivity contribution is 9.10. The van der Waals surface area contributed by atoms with Crippen LogP contribution in [0.25, 0.3) is 6.08 Å². The first-order chi connectivity index (χ1) is 16.8. The summed E-state index contributed by atoms with van der Waals surface area (Å²) in [6.07, 6.45) is 1.95. The van der Waals surface area contributed by atoms with Crippen molar-refractivity contribution in [3.63, 3.8) is 0 Å². The van der Waals surface area contributed by atoms with Crippen molar-refractivity contribution >= 4 is 57.1 Å². The van der Waals surface area contributed by atoms with Crippen LogP contribution in [0, 0.1) is 6.92 Å². The van der Waals surface area contributed by atoms with E-state index in [9.17, 15) is 14.4 Å². The first-order valence-electron chi connectivity index (χ1n) is 10.9. The zero-order chi connectivity index (χ0) is 25.1. The maximum absolute atomic E-state index is 13.2. The predicted molar refractivity (Wildman–Crippen MR) is 140 cm³/mol. The Balaban J connectivity index is 1.73. The second kappa shape index (κ2) is 10.5. The third-order valence-corrected chi connectivity index (χ3v) is 6.59. The van der Waals surface area contributed by atoms with Gasteiger partial charge in [0.25, 0.3) is 11.8 Å². The van der Waals surface area contributed by atoms with Gasteiger partial charge in [-0.25, -0.2) is 9.69 Å². The van der Waals surface area contributed by atoms with Crippen LogP contribution in [0.2, 0.25) is 5.02 Å². The van der Waals surface area contributed by atoms with Crippen molar-refractivity contribution in [2.45, 2.75) is 20.3 Å². The number of halogens is 2. The number of hydrogen-bond donors (Lipinski definition) is 1. The highest BCUT2D eigenvalue weighted by atomic mass is 79.9. The number of aryl methyl sites for hydroxylation is 1. The highest BCUT2D eigenvalue weighted by Gasteiger charge is 2.36. The number of rotatable bonds is 6. The van der Waals surface area contributed by atoms with Crippen molar-refractivity contribution in [1.29, 1.82) is 0 Å². The van der Waals surface area contributed by atoms with Gasteiger partial charge < -0.3 is 4.74 Å². The third-order valence-electron chi connectivity index (χ3n) is 5.47. The maximum atomic E-state index is 13.2. The molecule has 178 valence electrons. The first-order valence-corrected chi connectivity index (χ1v) is 12.1. The van der Waals surface area contributed by atoms with Gasteiger partial charge in [-0.3, -0.25) is 14.9 Å². The van der Waals surface area contributed by atoms with E-state index in [1.807, 2.05) is 44.2 Å². The number of nitrogens with zero attached hydrogens (tertiary/aromatic N) is 1. The number of hydrogen-bond acceptors (Lipinski definition) is 4.